The number of benzene rings is 1. The van der Waals surface area contributed by atoms with Gasteiger partial charge in [-0.15, -0.1) is 10.2 Å². The van der Waals surface area contributed by atoms with Crippen LogP contribution in [0, 0.1) is 0 Å². The van der Waals surface area contributed by atoms with Gasteiger partial charge in [-0.05, 0) is 19.1 Å². The first-order chi connectivity index (χ1) is 9.16. The van der Waals surface area contributed by atoms with Crippen molar-refractivity contribution in [1.29, 1.82) is 0 Å². The fourth-order valence-corrected chi connectivity index (χ4v) is 2.26. The number of Topliss-reactive ketones (excluding diaryl/α,β-unsaturated/α-hetero) is 1. The van der Waals surface area contributed by atoms with E-state index in [2.05, 4.69) is 15.5 Å². The van der Waals surface area contributed by atoms with E-state index < -0.39 is 0 Å². The van der Waals surface area contributed by atoms with Crippen LogP contribution in [0.3, 0.4) is 0 Å². The van der Waals surface area contributed by atoms with Crippen LogP contribution in [0.2, 0.25) is 0 Å². The van der Waals surface area contributed by atoms with Crippen LogP contribution in [0.25, 0.3) is 0 Å². The van der Waals surface area contributed by atoms with Crippen molar-refractivity contribution in [3.63, 3.8) is 0 Å². The Balaban J connectivity index is 1.96. The molecule has 0 spiro atoms. The van der Waals surface area contributed by atoms with Gasteiger partial charge in [-0.3, -0.25) is 4.79 Å². The number of carbonyl (C=O) groups excluding carboxylic acids is 1. The maximum Gasteiger partial charge on any atom is 0.191 e. The number of hydrogen-bond acceptors (Lipinski definition) is 5. The third-order valence-corrected chi connectivity index (χ3v) is 3.72. The number of hydrogen-bond donors (Lipinski definition) is 1. The Bertz CT molecular complexity index is 553. The number of nitrogens with one attached hydrogen (secondary N) is 1. The Kier molecular flexibility index (Phi) is 4.57. The van der Waals surface area contributed by atoms with E-state index in [-0.39, 0.29) is 5.78 Å². The molecular weight excluding hydrogens is 260 g/mol. The fraction of sp³-hybridized carbons (Fsp3) is 0.308. The summed E-state index contributed by atoms with van der Waals surface area (Å²) in [4.78, 5) is 11.0. The van der Waals surface area contributed by atoms with Crippen LogP contribution in [0.5, 0.6) is 0 Å². The van der Waals surface area contributed by atoms with Crippen LogP contribution in [-0.4, -0.2) is 26.3 Å². The summed E-state index contributed by atoms with van der Waals surface area (Å²) in [7, 11) is 1.91. The summed E-state index contributed by atoms with van der Waals surface area (Å²) in [6.07, 6.45) is 0. The largest absolute Gasteiger partial charge is 0.378 e. The van der Waals surface area contributed by atoms with Crippen molar-refractivity contribution >= 4 is 23.2 Å². The number of anilines is 1. The topological polar surface area (TPSA) is 59.8 Å². The Hall–Kier alpha value is -1.82. The van der Waals surface area contributed by atoms with Gasteiger partial charge in [0.15, 0.2) is 11.0 Å². The SMILES string of the molecule is CC(=O)CSc1nnc(CNc2ccccc2)n1C. The van der Waals surface area contributed by atoms with Crippen molar-refractivity contribution in [2.24, 2.45) is 7.05 Å². The van der Waals surface area contributed by atoms with E-state index in [9.17, 15) is 4.79 Å². The third-order valence-electron chi connectivity index (χ3n) is 2.55. The molecule has 0 radical (unpaired) electrons. The zero-order valence-corrected chi connectivity index (χ0v) is 11.8. The molecule has 6 heteroatoms. The lowest BCUT2D eigenvalue weighted by molar-refractivity contribution is -0.114. The Morgan fingerprint density at radius 1 is 1.32 bits per heavy atom. The zero-order chi connectivity index (χ0) is 13.7. The first-order valence-electron chi connectivity index (χ1n) is 5.96. The third kappa shape index (κ3) is 3.82. The van der Waals surface area contributed by atoms with Crippen molar-refractivity contribution in [3.8, 4) is 0 Å². The van der Waals surface area contributed by atoms with E-state index in [0.29, 0.717) is 12.3 Å². The predicted molar refractivity (Wildman–Crippen MR) is 76.2 cm³/mol. The Labute approximate surface area is 116 Å². The molecule has 1 aromatic carbocycles. The van der Waals surface area contributed by atoms with Gasteiger partial charge in [-0.1, -0.05) is 30.0 Å². The number of thioether (sulfide) groups is 1. The molecule has 0 saturated carbocycles. The second-order valence-electron chi connectivity index (χ2n) is 4.17. The van der Waals surface area contributed by atoms with Crippen molar-refractivity contribution in [1.82, 2.24) is 14.8 Å². The first-order valence-corrected chi connectivity index (χ1v) is 6.95. The van der Waals surface area contributed by atoms with Crippen LogP contribution in [0.1, 0.15) is 12.7 Å². The molecule has 0 aliphatic rings. The minimum atomic E-state index is 0.136. The molecule has 0 fully saturated rings. The molecule has 0 atom stereocenters. The maximum absolute atomic E-state index is 11.0. The number of nitrogens with zero attached hydrogens (tertiary/aromatic N) is 3. The molecule has 0 unspecified atom stereocenters. The molecule has 5 nitrogen and oxygen atoms in total. The maximum atomic E-state index is 11.0. The van der Waals surface area contributed by atoms with Crippen molar-refractivity contribution in [3.05, 3.63) is 36.2 Å². The summed E-state index contributed by atoms with van der Waals surface area (Å²) in [5.74, 6) is 1.41. The first kappa shape index (κ1) is 13.6. The van der Waals surface area contributed by atoms with E-state index in [4.69, 9.17) is 0 Å². The van der Waals surface area contributed by atoms with Crippen LogP contribution in [0.4, 0.5) is 5.69 Å². The van der Waals surface area contributed by atoms with Crippen molar-refractivity contribution in [2.75, 3.05) is 11.1 Å². The van der Waals surface area contributed by atoms with E-state index in [1.807, 2.05) is 41.9 Å². The number of rotatable bonds is 6. The van der Waals surface area contributed by atoms with Crippen LogP contribution >= 0.6 is 11.8 Å². The van der Waals surface area contributed by atoms with E-state index in [1.165, 1.54) is 11.8 Å². The molecule has 0 aliphatic heterocycles. The standard InChI is InChI=1S/C13H16N4OS/c1-10(18)9-19-13-16-15-12(17(13)2)8-14-11-6-4-3-5-7-11/h3-7,14H,8-9H2,1-2H3. The van der Waals surface area contributed by atoms with Crippen LogP contribution < -0.4 is 5.32 Å². The van der Waals surface area contributed by atoms with E-state index in [0.717, 1.165) is 16.7 Å². The minimum Gasteiger partial charge on any atom is -0.378 e. The minimum absolute atomic E-state index is 0.136. The summed E-state index contributed by atoms with van der Waals surface area (Å²) < 4.78 is 1.91. The quantitative estimate of drug-likeness (QED) is 0.819. The summed E-state index contributed by atoms with van der Waals surface area (Å²) in [6.45, 7) is 2.18. The second-order valence-corrected chi connectivity index (χ2v) is 5.11. The lowest BCUT2D eigenvalue weighted by Gasteiger charge is -2.06. The molecule has 1 heterocycles. The molecule has 100 valence electrons. The Morgan fingerprint density at radius 2 is 2.05 bits per heavy atom. The average molecular weight is 276 g/mol. The highest BCUT2D eigenvalue weighted by atomic mass is 32.2. The number of aromatic nitrogens is 3. The number of ketones is 1. The van der Waals surface area contributed by atoms with Gasteiger partial charge >= 0.3 is 0 Å². The smallest absolute Gasteiger partial charge is 0.191 e. The van der Waals surface area contributed by atoms with Crippen LogP contribution in [-0.2, 0) is 18.4 Å². The van der Waals surface area contributed by atoms with Gasteiger partial charge in [0.2, 0.25) is 0 Å². The molecule has 0 amide bonds. The van der Waals surface area contributed by atoms with Gasteiger partial charge in [0, 0.05) is 12.7 Å². The molecular formula is C13H16N4OS. The fourth-order valence-electron chi connectivity index (χ4n) is 1.53. The van der Waals surface area contributed by atoms with Crippen molar-refractivity contribution in [2.45, 2.75) is 18.6 Å². The number of para-hydroxylation sites is 1. The lowest BCUT2D eigenvalue weighted by Crippen LogP contribution is -2.06. The molecule has 1 N–H and O–H groups in total. The average Bonchev–Trinajstić information content (AvgIpc) is 2.76. The van der Waals surface area contributed by atoms with Gasteiger partial charge in [0.25, 0.3) is 0 Å². The van der Waals surface area contributed by atoms with Gasteiger partial charge in [0.05, 0.1) is 12.3 Å². The van der Waals surface area contributed by atoms with E-state index in [1.54, 1.807) is 6.92 Å². The van der Waals surface area contributed by atoms with Gasteiger partial charge < -0.3 is 9.88 Å². The normalized spacial score (nSPS) is 10.4. The highest BCUT2D eigenvalue weighted by Gasteiger charge is 2.09. The van der Waals surface area contributed by atoms with Crippen molar-refractivity contribution < 1.29 is 4.79 Å². The summed E-state index contributed by atoms with van der Waals surface area (Å²) in [6, 6.07) is 9.94. The highest BCUT2D eigenvalue weighted by molar-refractivity contribution is 7.99. The lowest BCUT2D eigenvalue weighted by atomic mass is 10.3. The molecule has 0 aliphatic carbocycles. The predicted octanol–water partition coefficient (Wildman–Crippen LogP) is 2.11. The summed E-state index contributed by atoms with van der Waals surface area (Å²) in [5, 5.41) is 12.3. The monoisotopic (exact) mass is 276 g/mol. The number of carbonyl (C=O) groups is 1. The highest BCUT2D eigenvalue weighted by Crippen LogP contribution is 2.16. The van der Waals surface area contributed by atoms with Gasteiger partial charge in [-0.2, -0.15) is 0 Å². The Morgan fingerprint density at radius 3 is 2.74 bits per heavy atom. The molecule has 1 aromatic heterocycles. The molecule has 0 bridgehead atoms. The molecule has 19 heavy (non-hydrogen) atoms. The van der Waals surface area contributed by atoms with E-state index >= 15 is 0 Å². The van der Waals surface area contributed by atoms with Crippen LogP contribution in [0.15, 0.2) is 35.5 Å². The summed E-state index contributed by atoms with van der Waals surface area (Å²) >= 11 is 1.41. The molecule has 2 rings (SSSR count). The van der Waals surface area contributed by atoms with Gasteiger partial charge in [0.1, 0.15) is 5.78 Å². The zero-order valence-electron chi connectivity index (χ0n) is 11.0. The molecule has 2 aromatic rings. The summed E-state index contributed by atoms with van der Waals surface area (Å²) in [5.41, 5.74) is 1.04. The van der Waals surface area contributed by atoms with Gasteiger partial charge in [-0.25, -0.2) is 0 Å². The second kappa shape index (κ2) is 6.38. The molecule has 0 saturated heterocycles.